The van der Waals surface area contributed by atoms with Crippen molar-refractivity contribution in [2.45, 2.75) is 6.04 Å². The standard InChI is InChI=1S/C19H17BrN4O3S/c20-13-4-1-3-12(11-13)15(23-6-9-26-10-7-23)16-18(25)24-19(28-16)21-17(22-24)14-5-2-8-27-14/h1-5,8,11,15,25H,6-7,9-10H2. The van der Waals surface area contributed by atoms with Crippen LogP contribution in [0.15, 0.2) is 51.6 Å². The minimum absolute atomic E-state index is 0.0954. The molecule has 1 N–H and O–H groups in total. The monoisotopic (exact) mass is 460 g/mol. The van der Waals surface area contributed by atoms with Gasteiger partial charge in [-0.15, -0.1) is 5.10 Å². The number of fused-ring (bicyclic) bond motifs is 1. The molecule has 0 saturated carbocycles. The van der Waals surface area contributed by atoms with Gasteiger partial charge in [0.1, 0.15) is 0 Å². The van der Waals surface area contributed by atoms with Crippen molar-refractivity contribution in [1.29, 1.82) is 0 Å². The van der Waals surface area contributed by atoms with Crippen LogP contribution < -0.4 is 0 Å². The molecule has 1 atom stereocenters. The first-order valence-electron chi connectivity index (χ1n) is 8.90. The van der Waals surface area contributed by atoms with Crippen LogP contribution in [-0.4, -0.2) is 50.9 Å². The molecule has 0 aliphatic carbocycles. The van der Waals surface area contributed by atoms with Crippen molar-refractivity contribution in [1.82, 2.24) is 19.5 Å². The molecular formula is C19H17BrN4O3S. The number of thiazole rings is 1. The van der Waals surface area contributed by atoms with Crippen LogP contribution in [0.2, 0.25) is 0 Å². The SMILES string of the molecule is Oc1c(C(c2cccc(Br)c2)N2CCOCC2)sc2nc(-c3ccco3)nn12. The third kappa shape index (κ3) is 3.14. The number of morpholine rings is 1. The predicted molar refractivity (Wildman–Crippen MR) is 109 cm³/mol. The lowest BCUT2D eigenvalue weighted by atomic mass is 10.0. The summed E-state index contributed by atoms with van der Waals surface area (Å²) in [5.74, 6) is 1.15. The second-order valence-electron chi connectivity index (χ2n) is 6.50. The van der Waals surface area contributed by atoms with E-state index in [0.717, 1.165) is 28.0 Å². The van der Waals surface area contributed by atoms with E-state index in [1.54, 1.807) is 18.4 Å². The maximum atomic E-state index is 11.0. The molecule has 1 aliphatic rings. The lowest BCUT2D eigenvalue weighted by molar-refractivity contribution is 0.0241. The summed E-state index contributed by atoms with van der Waals surface area (Å²) in [6.45, 7) is 2.94. The first kappa shape index (κ1) is 17.9. The van der Waals surface area contributed by atoms with E-state index in [4.69, 9.17) is 9.15 Å². The van der Waals surface area contributed by atoms with Crippen molar-refractivity contribution in [3.8, 4) is 17.5 Å². The van der Waals surface area contributed by atoms with Gasteiger partial charge in [-0.3, -0.25) is 4.90 Å². The smallest absolute Gasteiger partial charge is 0.230 e. The van der Waals surface area contributed by atoms with Gasteiger partial charge in [-0.25, -0.2) is 0 Å². The van der Waals surface area contributed by atoms with Crippen LogP contribution >= 0.6 is 27.3 Å². The van der Waals surface area contributed by atoms with E-state index in [1.165, 1.54) is 15.9 Å². The van der Waals surface area contributed by atoms with Gasteiger partial charge in [0.05, 0.1) is 30.4 Å². The van der Waals surface area contributed by atoms with E-state index in [-0.39, 0.29) is 11.9 Å². The molecule has 9 heteroatoms. The van der Waals surface area contributed by atoms with Gasteiger partial charge in [0.15, 0.2) is 5.76 Å². The van der Waals surface area contributed by atoms with Crippen molar-refractivity contribution < 1.29 is 14.3 Å². The van der Waals surface area contributed by atoms with Crippen LogP contribution in [0.25, 0.3) is 16.5 Å². The van der Waals surface area contributed by atoms with Crippen LogP contribution in [0.1, 0.15) is 16.5 Å². The quantitative estimate of drug-likeness (QED) is 0.496. The fourth-order valence-corrected chi connectivity index (χ4v) is 5.01. The highest BCUT2D eigenvalue weighted by molar-refractivity contribution is 9.10. The van der Waals surface area contributed by atoms with Crippen LogP contribution in [0, 0.1) is 0 Å². The van der Waals surface area contributed by atoms with Gasteiger partial charge in [0.2, 0.25) is 16.7 Å². The average molecular weight is 461 g/mol. The summed E-state index contributed by atoms with van der Waals surface area (Å²) in [5, 5.41) is 15.4. The number of nitrogens with zero attached hydrogens (tertiary/aromatic N) is 4. The van der Waals surface area contributed by atoms with Crippen LogP contribution in [0.4, 0.5) is 0 Å². The molecule has 7 nitrogen and oxygen atoms in total. The summed E-state index contributed by atoms with van der Waals surface area (Å²) in [6.07, 6.45) is 1.58. The van der Waals surface area contributed by atoms with Crippen LogP contribution in [-0.2, 0) is 4.74 Å². The fourth-order valence-electron chi connectivity index (χ4n) is 3.48. The molecule has 0 amide bonds. The van der Waals surface area contributed by atoms with Crippen molar-refractivity contribution >= 4 is 32.2 Å². The van der Waals surface area contributed by atoms with E-state index >= 15 is 0 Å². The maximum Gasteiger partial charge on any atom is 0.230 e. The van der Waals surface area contributed by atoms with Crippen molar-refractivity contribution in [3.63, 3.8) is 0 Å². The highest BCUT2D eigenvalue weighted by Crippen LogP contribution is 2.41. The second-order valence-corrected chi connectivity index (χ2v) is 8.43. The summed E-state index contributed by atoms with van der Waals surface area (Å²) < 4.78 is 13.4. The third-order valence-corrected chi connectivity index (χ3v) is 6.33. The van der Waals surface area contributed by atoms with Crippen LogP contribution in [0.3, 0.4) is 0 Å². The third-order valence-electron chi connectivity index (χ3n) is 4.76. The van der Waals surface area contributed by atoms with E-state index in [0.29, 0.717) is 29.8 Å². The van der Waals surface area contributed by atoms with Crippen molar-refractivity contribution in [3.05, 3.63) is 57.6 Å². The summed E-state index contributed by atoms with van der Waals surface area (Å²) in [6, 6.07) is 11.7. The molecule has 1 aromatic carbocycles. The molecule has 5 rings (SSSR count). The van der Waals surface area contributed by atoms with Gasteiger partial charge in [-0.1, -0.05) is 39.4 Å². The van der Waals surface area contributed by atoms with Crippen molar-refractivity contribution in [2.24, 2.45) is 0 Å². The van der Waals surface area contributed by atoms with Gasteiger partial charge in [-0.2, -0.15) is 9.50 Å². The zero-order valence-electron chi connectivity index (χ0n) is 14.8. The average Bonchev–Trinajstić information content (AvgIpc) is 3.42. The number of ether oxygens (including phenoxy) is 1. The molecule has 144 valence electrons. The summed E-state index contributed by atoms with van der Waals surface area (Å²) >= 11 is 5.01. The maximum absolute atomic E-state index is 11.0. The summed E-state index contributed by atoms with van der Waals surface area (Å²) in [4.78, 5) is 8.31. The molecule has 4 heterocycles. The van der Waals surface area contributed by atoms with Gasteiger partial charge in [0, 0.05) is 17.6 Å². The molecule has 3 aromatic heterocycles. The number of hydrogen-bond donors (Lipinski definition) is 1. The molecule has 1 saturated heterocycles. The minimum atomic E-state index is -0.0954. The Kier molecular flexibility index (Phi) is 4.67. The Hall–Kier alpha value is -2.20. The number of halogens is 1. The molecule has 0 bridgehead atoms. The number of aromatic nitrogens is 3. The molecular weight excluding hydrogens is 444 g/mol. The first-order chi connectivity index (χ1) is 13.7. The molecule has 0 radical (unpaired) electrons. The summed E-state index contributed by atoms with van der Waals surface area (Å²) in [5.41, 5.74) is 1.10. The first-order valence-corrected chi connectivity index (χ1v) is 10.5. The Balaban J connectivity index is 1.60. The van der Waals surface area contributed by atoms with E-state index in [9.17, 15) is 5.11 Å². The Morgan fingerprint density at radius 3 is 2.75 bits per heavy atom. The molecule has 1 fully saturated rings. The largest absolute Gasteiger partial charge is 0.492 e. The lowest BCUT2D eigenvalue weighted by Crippen LogP contribution is -2.39. The topological polar surface area (TPSA) is 76.0 Å². The van der Waals surface area contributed by atoms with Crippen molar-refractivity contribution in [2.75, 3.05) is 26.3 Å². The molecule has 28 heavy (non-hydrogen) atoms. The van der Waals surface area contributed by atoms with Crippen LogP contribution in [0.5, 0.6) is 5.88 Å². The number of rotatable bonds is 4. The highest BCUT2D eigenvalue weighted by atomic mass is 79.9. The number of aromatic hydroxyl groups is 1. The number of furan rings is 1. The van der Waals surface area contributed by atoms with Gasteiger partial charge in [-0.05, 0) is 29.8 Å². The minimum Gasteiger partial charge on any atom is -0.492 e. The Morgan fingerprint density at radius 1 is 1.18 bits per heavy atom. The lowest BCUT2D eigenvalue weighted by Gasteiger charge is -2.34. The van der Waals surface area contributed by atoms with Gasteiger partial charge in [0.25, 0.3) is 0 Å². The Morgan fingerprint density at radius 2 is 2.04 bits per heavy atom. The zero-order chi connectivity index (χ0) is 19.1. The molecule has 1 unspecified atom stereocenters. The molecule has 4 aromatic rings. The highest BCUT2D eigenvalue weighted by Gasteiger charge is 2.31. The second kappa shape index (κ2) is 7.32. The summed E-state index contributed by atoms with van der Waals surface area (Å²) in [7, 11) is 0. The fraction of sp³-hybridized carbons (Fsp3) is 0.263. The number of hydrogen-bond acceptors (Lipinski definition) is 7. The Labute approximate surface area is 173 Å². The number of benzene rings is 1. The van der Waals surface area contributed by atoms with E-state index < -0.39 is 0 Å². The predicted octanol–water partition coefficient (Wildman–Crippen LogP) is 3.94. The van der Waals surface area contributed by atoms with Gasteiger partial charge < -0.3 is 14.3 Å². The van der Waals surface area contributed by atoms with E-state index in [2.05, 4.69) is 43.0 Å². The van der Waals surface area contributed by atoms with Gasteiger partial charge >= 0.3 is 0 Å². The normalized spacial score (nSPS) is 16.6. The zero-order valence-corrected chi connectivity index (χ0v) is 17.2. The Bertz CT molecular complexity index is 1100. The molecule has 1 aliphatic heterocycles. The molecule has 0 spiro atoms. The van der Waals surface area contributed by atoms with E-state index in [1.807, 2.05) is 12.1 Å².